The number of rotatable bonds is 2. The summed E-state index contributed by atoms with van der Waals surface area (Å²) in [6.07, 6.45) is 2.96. The first-order chi connectivity index (χ1) is 10.1. The van der Waals surface area contributed by atoms with E-state index in [-0.39, 0.29) is 46.7 Å². The van der Waals surface area contributed by atoms with Crippen molar-refractivity contribution in [3.63, 3.8) is 0 Å². The van der Waals surface area contributed by atoms with Crippen molar-refractivity contribution in [3.8, 4) is 0 Å². The lowest BCUT2D eigenvalue weighted by molar-refractivity contribution is -0.254. The molecule has 4 atom stereocenters. The van der Waals surface area contributed by atoms with Crippen molar-refractivity contribution in [2.24, 2.45) is 23.7 Å². The molecule has 108 valence electrons. The molecule has 1 aromatic rings. The van der Waals surface area contributed by atoms with Crippen molar-refractivity contribution < 1.29 is 19.5 Å². The van der Waals surface area contributed by atoms with Crippen molar-refractivity contribution in [1.82, 2.24) is 0 Å². The first kappa shape index (κ1) is 12.6. The van der Waals surface area contributed by atoms with Crippen LogP contribution in [-0.4, -0.2) is 17.8 Å². The van der Waals surface area contributed by atoms with Crippen molar-refractivity contribution in [1.29, 1.82) is 0 Å². The van der Waals surface area contributed by atoms with E-state index in [2.05, 4.69) is 0 Å². The Morgan fingerprint density at radius 1 is 1.05 bits per heavy atom. The van der Waals surface area contributed by atoms with Crippen LogP contribution in [0.25, 0.3) is 0 Å². The Bertz CT molecular complexity index is 640. The minimum absolute atomic E-state index is 0.105. The molecule has 2 amide bonds. The zero-order valence-corrected chi connectivity index (χ0v) is 11.3. The SMILES string of the molecule is O=C([O-])c1ccccc1N1C(=O)[C@@H]2[C@H]3CC[C@H](C3)[C@@H]2C1=O. The van der Waals surface area contributed by atoms with E-state index >= 15 is 0 Å². The average molecular weight is 284 g/mol. The third-order valence-corrected chi connectivity index (χ3v) is 5.29. The van der Waals surface area contributed by atoms with E-state index in [0.29, 0.717) is 0 Å². The molecule has 2 bridgehead atoms. The first-order valence-electron chi connectivity index (χ1n) is 7.28. The molecule has 4 rings (SSSR count). The minimum atomic E-state index is -1.37. The number of carboxylic acid groups (broad SMARTS) is 1. The fraction of sp³-hybridized carbons (Fsp3) is 0.438. The molecule has 3 aliphatic rings. The highest BCUT2D eigenvalue weighted by molar-refractivity contribution is 6.24. The minimum Gasteiger partial charge on any atom is -0.545 e. The highest BCUT2D eigenvalue weighted by Gasteiger charge is 2.61. The highest BCUT2D eigenvalue weighted by atomic mass is 16.4. The van der Waals surface area contributed by atoms with Crippen LogP contribution in [0.1, 0.15) is 29.6 Å². The molecule has 0 aromatic heterocycles. The van der Waals surface area contributed by atoms with E-state index in [4.69, 9.17) is 0 Å². The van der Waals surface area contributed by atoms with Gasteiger partial charge in [0.1, 0.15) is 0 Å². The Labute approximate surface area is 121 Å². The number of carboxylic acids is 1. The molecule has 2 aliphatic carbocycles. The summed E-state index contributed by atoms with van der Waals surface area (Å²) in [5.41, 5.74) is 0.0489. The number of hydrogen-bond acceptors (Lipinski definition) is 4. The predicted octanol–water partition coefficient (Wildman–Crippen LogP) is 0.586. The van der Waals surface area contributed by atoms with Crippen molar-refractivity contribution >= 4 is 23.5 Å². The number of anilines is 1. The van der Waals surface area contributed by atoms with Gasteiger partial charge in [-0.2, -0.15) is 0 Å². The lowest BCUT2D eigenvalue weighted by atomic mass is 9.81. The maximum absolute atomic E-state index is 12.7. The number of nitrogens with zero attached hydrogens (tertiary/aromatic N) is 1. The van der Waals surface area contributed by atoms with Crippen LogP contribution in [0.5, 0.6) is 0 Å². The van der Waals surface area contributed by atoms with Gasteiger partial charge in [-0.15, -0.1) is 0 Å². The van der Waals surface area contributed by atoms with Gasteiger partial charge in [-0.1, -0.05) is 18.2 Å². The second-order valence-corrected chi connectivity index (χ2v) is 6.20. The number of para-hydroxylation sites is 1. The lowest BCUT2D eigenvalue weighted by Crippen LogP contribution is -2.35. The van der Waals surface area contributed by atoms with E-state index < -0.39 is 5.97 Å². The van der Waals surface area contributed by atoms with Gasteiger partial charge in [0, 0.05) is 5.56 Å². The summed E-state index contributed by atoms with van der Waals surface area (Å²) in [5.74, 6) is -1.74. The van der Waals surface area contributed by atoms with Gasteiger partial charge < -0.3 is 9.90 Å². The van der Waals surface area contributed by atoms with Gasteiger partial charge in [-0.05, 0) is 37.2 Å². The molecule has 1 aromatic carbocycles. The quantitative estimate of drug-likeness (QED) is 0.744. The predicted molar refractivity (Wildman–Crippen MR) is 71.1 cm³/mol. The molecule has 0 radical (unpaired) electrons. The van der Waals surface area contributed by atoms with E-state index in [9.17, 15) is 19.5 Å². The van der Waals surface area contributed by atoms with Crippen molar-refractivity contribution in [3.05, 3.63) is 29.8 Å². The molecular weight excluding hydrogens is 270 g/mol. The zero-order valence-electron chi connectivity index (χ0n) is 11.3. The third kappa shape index (κ3) is 1.54. The van der Waals surface area contributed by atoms with Crippen LogP contribution < -0.4 is 10.0 Å². The fourth-order valence-electron chi connectivity index (χ4n) is 4.49. The Hall–Kier alpha value is -2.17. The van der Waals surface area contributed by atoms with Crippen LogP contribution in [0.3, 0.4) is 0 Å². The number of hydrogen-bond donors (Lipinski definition) is 0. The molecule has 21 heavy (non-hydrogen) atoms. The van der Waals surface area contributed by atoms with Crippen molar-refractivity contribution in [2.45, 2.75) is 19.3 Å². The molecule has 1 aliphatic heterocycles. The number of aromatic carboxylic acids is 1. The van der Waals surface area contributed by atoms with Crippen LogP contribution in [0, 0.1) is 23.7 Å². The molecule has 0 spiro atoms. The van der Waals surface area contributed by atoms with Crippen LogP contribution in [0.4, 0.5) is 5.69 Å². The number of fused-ring (bicyclic) bond motifs is 5. The number of amides is 2. The van der Waals surface area contributed by atoms with E-state index in [1.165, 1.54) is 12.1 Å². The van der Waals surface area contributed by atoms with Gasteiger partial charge >= 0.3 is 0 Å². The molecule has 2 saturated carbocycles. The van der Waals surface area contributed by atoms with Gasteiger partial charge in [0.05, 0.1) is 23.5 Å². The molecule has 5 nitrogen and oxygen atoms in total. The topological polar surface area (TPSA) is 77.5 Å². The maximum atomic E-state index is 12.7. The Kier molecular flexibility index (Phi) is 2.49. The normalized spacial score (nSPS) is 33.6. The van der Waals surface area contributed by atoms with Crippen LogP contribution in [0.15, 0.2) is 24.3 Å². The molecule has 3 fully saturated rings. The molecule has 0 unspecified atom stereocenters. The van der Waals surface area contributed by atoms with Crippen molar-refractivity contribution in [2.75, 3.05) is 4.90 Å². The number of benzene rings is 1. The summed E-state index contributed by atoms with van der Waals surface area (Å²) in [4.78, 5) is 37.6. The van der Waals surface area contributed by atoms with Crippen LogP contribution >= 0.6 is 0 Å². The maximum Gasteiger partial charge on any atom is 0.237 e. The highest BCUT2D eigenvalue weighted by Crippen LogP contribution is 2.56. The van der Waals surface area contributed by atoms with Crippen LogP contribution in [0.2, 0.25) is 0 Å². The molecule has 1 saturated heterocycles. The summed E-state index contributed by atoms with van der Waals surface area (Å²) in [5, 5.41) is 11.2. The molecular formula is C16H14NO4-. The van der Waals surface area contributed by atoms with E-state index in [0.717, 1.165) is 24.2 Å². The summed E-state index contributed by atoms with van der Waals surface area (Å²) >= 11 is 0. The Morgan fingerprint density at radius 2 is 1.62 bits per heavy atom. The van der Waals surface area contributed by atoms with E-state index in [1.807, 2.05) is 0 Å². The summed E-state index contributed by atoms with van der Waals surface area (Å²) in [7, 11) is 0. The van der Waals surface area contributed by atoms with Gasteiger partial charge in [0.2, 0.25) is 11.8 Å². The number of imide groups is 1. The zero-order chi connectivity index (χ0) is 14.7. The third-order valence-electron chi connectivity index (χ3n) is 5.29. The summed E-state index contributed by atoms with van der Waals surface area (Å²) < 4.78 is 0. The number of carbonyl (C=O) groups is 3. The van der Waals surface area contributed by atoms with Gasteiger partial charge in [0.25, 0.3) is 0 Å². The average Bonchev–Trinajstić information content (AvgIpc) is 3.13. The Balaban J connectivity index is 1.79. The standard InChI is InChI=1S/C16H15NO4/c18-14-12-8-5-6-9(7-8)13(12)15(19)17(14)11-4-2-1-3-10(11)16(20)21/h1-4,8-9,12-13H,5-7H2,(H,20,21)/p-1/t8-,9+,12+,13-. The molecule has 1 heterocycles. The second kappa shape index (κ2) is 4.16. The first-order valence-corrected chi connectivity index (χ1v) is 7.28. The van der Waals surface area contributed by atoms with E-state index in [1.54, 1.807) is 12.1 Å². The smallest absolute Gasteiger partial charge is 0.237 e. The van der Waals surface area contributed by atoms with Crippen LogP contribution in [-0.2, 0) is 9.59 Å². The fourth-order valence-corrected chi connectivity index (χ4v) is 4.49. The number of carbonyl (C=O) groups excluding carboxylic acids is 3. The van der Waals surface area contributed by atoms with Gasteiger partial charge in [-0.3, -0.25) is 9.59 Å². The second-order valence-electron chi connectivity index (χ2n) is 6.20. The summed E-state index contributed by atoms with van der Waals surface area (Å²) in [6.45, 7) is 0. The largest absolute Gasteiger partial charge is 0.545 e. The molecule has 5 heteroatoms. The van der Waals surface area contributed by atoms with Gasteiger partial charge in [-0.25, -0.2) is 4.90 Å². The van der Waals surface area contributed by atoms with Gasteiger partial charge in [0.15, 0.2) is 0 Å². The summed E-state index contributed by atoms with van der Waals surface area (Å²) in [6, 6.07) is 6.06. The molecule has 0 N–H and O–H groups in total. The Morgan fingerprint density at radius 3 is 2.19 bits per heavy atom. The monoisotopic (exact) mass is 284 g/mol. The lowest BCUT2D eigenvalue weighted by Gasteiger charge is -2.20.